The van der Waals surface area contributed by atoms with Crippen molar-refractivity contribution in [1.82, 2.24) is 4.90 Å². The summed E-state index contributed by atoms with van der Waals surface area (Å²) in [5, 5.41) is 0. The van der Waals surface area contributed by atoms with Crippen LogP contribution in [-0.2, 0) is 11.3 Å². The van der Waals surface area contributed by atoms with Crippen LogP contribution < -0.4 is 4.90 Å². The highest BCUT2D eigenvalue weighted by atomic mass is 16.5. The number of anilines is 1. The zero-order chi connectivity index (χ0) is 14.6. The Balaban J connectivity index is 2.00. The Morgan fingerprint density at radius 1 is 1.10 bits per heavy atom. The summed E-state index contributed by atoms with van der Waals surface area (Å²) in [5.74, 6) is 0. The molecule has 0 amide bonds. The number of rotatable bonds is 4. The van der Waals surface area contributed by atoms with Gasteiger partial charge in [-0.2, -0.15) is 0 Å². The first-order valence-corrected chi connectivity index (χ1v) is 7.67. The van der Waals surface area contributed by atoms with Crippen molar-refractivity contribution in [3.63, 3.8) is 0 Å². The smallest absolute Gasteiger partial charge is 0.0642 e. The van der Waals surface area contributed by atoms with Crippen LogP contribution in [-0.4, -0.2) is 43.3 Å². The van der Waals surface area contributed by atoms with E-state index in [4.69, 9.17) is 4.74 Å². The van der Waals surface area contributed by atoms with Crippen molar-refractivity contribution in [2.75, 3.05) is 37.7 Å². The molecule has 112 valence electrons. The second-order valence-corrected chi connectivity index (χ2v) is 6.45. The maximum absolute atomic E-state index is 5.40. The van der Waals surface area contributed by atoms with Gasteiger partial charge in [-0.1, -0.05) is 19.1 Å². The molecule has 1 saturated heterocycles. The van der Waals surface area contributed by atoms with Gasteiger partial charge in [0.2, 0.25) is 0 Å². The second kappa shape index (κ2) is 6.59. The molecule has 0 atom stereocenters. The highest BCUT2D eigenvalue weighted by molar-refractivity contribution is 5.47. The van der Waals surface area contributed by atoms with Crippen LogP contribution in [0.3, 0.4) is 0 Å². The molecule has 0 spiro atoms. The Bertz CT molecular complexity index is 402. The molecular formula is C17H28N2O. The Hall–Kier alpha value is -1.06. The molecule has 0 aromatic heterocycles. The molecular weight excluding hydrogens is 248 g/mol. The predicted octanol–water partition coefficient (Wildman–Crippen LogP) is 3.14. The quantitative estimate of drug-likeness (QED) is 0.840. The first kappa shape index (κ1) is 15.3. The number of benzene rings is 1. The monoisotopic (exact) mass is 276 g/mol. The van der Waals surface area contributed by atoms with Gasteiger partial charge >= 0.3 is 0 Å². The summed E-state index contributed by atoms with van der Waals surface area (Å²) in [5.41, 5.74) is 2.92. The topological polar surface area (TPSA) is 15.7 Å². The van der Waals surface area contributed by atoms with Crippen molar-refractivity contribution in [2.24, 2.45) is 0 Å². The van der Waals surface area contributed by atoms with Crippen LogP contribution in [0.5, 0.6) is 0 Å². The van der Waals surface area contributed by atoms with Crippen LogP contribution in [0.25, 0.3) is 0 Å². The molecule has 0 bridgehead atoms. The maximum Gasteiger partial charge on any atom is 0.0642 e. The molecule has 0 unspecified atom stereocenters. The fraction of sp³-hybridized carbons (Fsp3) is 0.647. The van der Waals surface area contributed by atoms with E-state index in [9.17, 15) is 0 Å². The van der Waals surface area contributed by atoms with Crippen LogP contribution in [0.2, 0.25) is 0 Å². The van der Waals surface area contributed by atoms with Crippen molar-refractivity contribution >= 4 is 5.69 Å². The fourth-order valence-corrected chi connectivity index (χ4v) is 2.68. The normalized spacial score (nSPS) is 16.8. The molecule has 1 heterocycles. The summed E-state index contributed by atoms with van der Waals surface area (Å²) < 4.78 is 5.40. The summed E-state index contributed by atoms with van der Waals surface area (Å²) >= 11 is 0. The van der Waals surface area contributed by atoms with Crippen LogP contribution in [0, 0.1) is 0 Å². The first-order chi connectivity index (χ1) is 9.50. The van der Waals surface area contributed by atoms with Gasteiger partial charge in [0.05, 0.1) is 13.2 Å². The van der Waals surface area contributed by atoms with E-state index >= 15 is 0 Å². The van der Waals surface area contributed by atoms with Gasteiger partial charge in [0.15, 0.2) is 0 Å². The molecule has 1 fully saturated rings. The Labute approximate surface area is 123 Å². The first-order valence-electron chi connectivity index (χ1n) is 7.67. The van der Waals surface area contributed by atoms with Gasteiger partial charge in [-0.25, -0.2) is 0 Å². The molecule has 20 heavy (non-hydrogen) atoms. The minimum absolute atomic E-state index is 0.220. The average Bonchev–Trinajstić information content (AvgIpc) is 2.45. The number of ether oxygens (including phenoxy) is 1. The molecule has 0 saturated carbocycles. The van der Waals surface area contributed by atoms with Gasteiger partial charge < -0.3 is 9.64 Å². The number of hydrogen-bond donors (Lipinski definition) is 0. The highest BCUT2D eigenvalue weighted by Gasteiger charge is 2.19. The number of morpholine rings is 1. The highest BCUT2D eigenvalue weighted by Crippen LogP contribution is 2.20. The van der Waals surface area contributed by atoms with E-state index in [1.165, 1.54) is 11.3 Å². The predicted molar refractivity (Wildman–Crippen MR) is 85.3 cm³/mol. The van der Waals surface area contributed by atoms with E-state index in [1.54, 1.807) is 0 Å². The van der Waals surface area contributed by atoms with Crippen molar-refractivity contribution < 1.29 is 4.74 Å². The van der Waals surface area contributed by atoms with Gasteiger partial charge in [-0.15, -0.1) is 0 Å². The molecule has 1 aliphatic rings. The van der Waals surface area contributed by atoms with Gasteiger partial charge in [0.25, 0.3) is 0 Å². The standard InChI is InChI=1S/C17H28N2O/c1-5-19(17(2,3)4)14-15-6-8-16(9-7-15)18-10-12-20-13-11-18/h6-9H,5,10-14H2,1-4H3. The van der Waals surface area contributed by atoms with Crippen molar-refractivity contribution in [3.8, 4) is 0 Å². The van der Waals surface area contributed by atoms with Crippen molar-refractivity contribution in [3.05, 3.63) is 29.8 Å². The number of nitrogens with zero attached hydrogens (tertiary/aromatic N) is 2. The van der Waals surface area contributed by atoms with E-state index in [0.717, 1.165) is 39.4 Å². The van der Waals surface area contributed by atoms with Gasteiger partial charge in [0, 0.05) is 30.9 Å². The Morgan fingerprint density at radius 2 is 1.70 bits per heavy atom. The molecule has 2 rings (SSSR count). The Kier molecular flexibility index (Phi) is 5.06. The molecule has 3 heteroatoms. The third kappa shape index (κ3) is 3.97. The summed E-state index contributed by atoms with van der Waals surface area (Å²) in [4.78, 5) is 4.89. The van der Waals surface area contributed by atoms with Crippen molar-refractivity contribution in [2.45, 2.75) is 39.8 Å². The average molecular weight is 276 g/mol. The number of hydrogen-bond acceptors (Lipinski definition) is 3. The molecule has 0 N–H and O–H groups in total. The van der Waals surface area contributed by atoms with Gasteiger partial charge in [0.1, 0.15) is 0 Å². The molecule has 3 nitrogen and oxygen atoms in total. The lowest BCUT2D eigenvalue weighted by Gasteiger charge is -2.35. The minimum atomic E-state index is 0.220. The van der Waals surface area contributed by atoms with Gasteiger partial charge in [-0.05, 0) is 45.0 Å². The molecule has 1 aliphatic heterocycles. The summed E-state index contributed by atoms with van der Waals surface area (Å²) in [6.07, 6.45) is 0. The molecule has 1 aromatic rings. The third-order valence-corrected chi connectivity index (χ3v) is 4.02. The Morgan fingerprint density at radius 3 is 2.20 bits per heavy atom. The van der Waals surface area contributed by atoms with Crippen LogP contribution in [0.15, 0.2) is 24.3 Å². The van der Waals surface area contributed by atoms with E-state index in [2.05, 4.69) is 61.8 Å². The minimum Gasteiger partial charge on any atom is -0.378 e. The van der Waals surface area contributed by atoms with Crippen LogP contribution in [0.1, 0.15) is 33.3 Å². The summed E-state index contributed by atoms with van der Waals surface area (Å²) in [6, 6.07) is 9.02. The summed E-state index contributed by atoms with van der Waals surface area (Å²) in [7, 11) is 0. The lowest BCUT2D eigenvalue weighted by molar-refractivity contribution is 0.122. The van der Waals surface area contributed by atoms with Gasteiger partial charge in [-0.3, -0.25) is 4.90 Å². The molecule has 1 aromatic carbocycles. The van der Waals surface area contributed by atoms with Crippen LogP contribution in [0.4, 0.5) is 5.69 Å². The lowest BCUT2D eigenvalue weighted by Crippen LogP contribution is -2.40. The van der Waals surface area contributed by atoms with Crippen LogP contribution >= 0.6 is 0 Å². The lowest BCUT2D eigenvalue weighted by atomic mass is 10.0. The van der Waals surface area contributed by atoms with E-state index < -0.39 is 0 Å². The van der Waals surface area contributed by atoms with E-state index in [0.29, 0.717) is 0 Å². The van der Waals surface area contributed by atoms with Crippen molar-refractivity contribution in [1.29, 1.82) is 0 Å². The SMILES string of the molecule is CCN(Cc1ccc(N2CCOCC2)cc1)C(C)(C)C. The largest absolute Gasteiger partial charge is 0.378 e. The zero-order valence-corrected chi connectivity index (χ0v) is 13.4. The molecule has 0 aliphatic carbocycles. The maximum atomic E-state index is 5.40. The van der Waals surface area contributed by atoms with E-state index in [1.807, 2.05) is 0 Å². The van der Waals surface area contributed by atoms with E-state index in [-0.39, 0.29) is 5.54 Å². The second-order valence-electron chi connectivity index (χ2n) is 6.45. The fourth-order valence-electron chi connectivity index (χ4n) is 2.68. The summed E-state index contributed by atoms with van der Waals surface area (Å²) in [6.45, 7) is 14.8. The molecule has 0 radical (unpaired) electrons. The zero-order valence-electron chi connectivity index (χ0n) is 13.4. The third-order valence-electron chi connectivity index (χ3n) is 4.02.